The van der Waals surface area contributed by atoms with Crippen molar-refractivity contribution in [1.82, 2.24) is 9.80 Å². The highest BCUT2D eigenvalue weighted by molar-refractivity contribution is 7.80. The molecule has 1 aromatic carbocycles. The van der Waals surface area contributed by atoms with Crippen molar-refractivity contribution in [3.8, 4) is 0 Å². The third-order valence-corrected chi connectivity index (χ3v) is 4.09. The van der Waals surface area contributed by atoms with E-state index in [0.717, 1.165) is 25.8 Å². The molecule has 0 aliphatic carbocycles. The average molecular weight is 274 g/mol. The van der Waals surface area contributed by atoms with E-state index in [9.17, 15) is 9.59 Å². The molecule has 0 saturated carbocycles. The molecular weight excluding hydrogens is 260 g/mol. The molecule has 4 nitrogen and oxygen atoms in total. The van der Waals surface area contributed by atoms with Crippen LogP contribution in [0.25, 0.3) is 0 Å². The maximum absolute atomic E-state index is 12.4. The van der Waals surface area contributed by atoms with Crippen molar-refractivity contribution >= 4 is 29.1 Å². The van der Waals surface area contributed by atoms with E-state index in [1.54, 1.807) is 24.3 Å². The first kappa shape index (κ1) is 12.3. The molecule has 2 aliphatic heterocycles. The summed E-state index contributed by atoms with van der Waals surface area (Å²) >= 11 is 5.30. The predicted molar refractivity (Wildman–Crippen MR) is 74.6 cm³/mol. The SMILES string of the molecule is O=C(c1ccccc1)N1C(=O)C2CCCCN2C1=S. The van der Waals surface area contributed by atoms with E-state index in [1.165, 1.54) is 4.90 Å². The molecule has 0 aromatic heterocycles. The largest absolute Gasteiger partial charge is 0.336 e. The molecule has 2 amide bonds. The number of carbonyl (C=O) groups is 2. The second-order valence-electron chi connectivity index (χ2n) is 4.83. The van der Waals surface area contributed by atoms with E-state index in [2.05, 4.69) is 0 Å². The van der Waals surface area contributed by atoms with Crippen molar-refractivity contribution in [3.05, 3.63) is 35.9 Å². The van der Waals surface area contributed by atoms with E-state index < -0.39 is 0 Å². The number of hydrogen-bond acceptors (Lipinski definition) is 3. The van der Waals surface area contributed by atoms with Crippen molar-refractivity contribution < 1.29 is 9.59 Å². The van der Waals surface area contributed by atoms with Crippen LogP contribution in [0.2, 0.25) is 0 Å². The van der Waals surface area contributed by atoms with Crippen LogP contribution in [0.15, 0.2) is 30.3 Å². The Morgan fingerprint density at radius 1 is 1.21 bits per heavy atom. The summed E-state index contributed by atoms with van der Waals surface area (Å²) < 4.78 is 0. The van der Waals surface area contributed by atoms with Crippen molar-refractivity contribution in [1.29, 1.82) is 0 Å². The molecule has 0 radical (unpaired) electrons. The fourth-order valence-electron chi connectivity index (χ4n) is 2.69. The summed E-state index contributed by atoms with van der Waals surface area (Å²) in [7, 11) is 0. The van der Waals surface area contributed by atoms with Gasteiger partial charge in [-0.25, -0.2) is 4.90 Å². The van der Waals surface area contributed by atoms with Crippen molar-refractivity contribution in [2.24, 2.45) is 0 Å². The van der Waals surface area contributed by atoms with E-state index in [4.69, 9.17) is 12.2 Å². The van der Waals surface area contributed by atoms with Crippen LogP contribution in [0.4, 0.5) is 0 Å². The molecule has 2 heterocycles. The summed E-state index contributed by atoms with van der Waals surface area (Å²) in [6, 6.07) is 8.58. The van der Waals surface area contributed by atoms with Gasteiger partial charge in [0.1, 0.15) is 6.04 Å². The summed E-state index contributed by atoms with van der Waals surface area (Å²) in [5.74, 6) is -0.483. The number of carbonyl (C=O) groups excluding carboxylic acids is 2. The van der Waals surface area contributed by atoms with Gasteiger partial charge < -0.3 is 4.90 Å². The first-order chi connectivity index (χ1) is 9.20. The van der Waals surface area contributed by atoms with Crippen molar-refractivity contribution in [2.75, 3.05) is 6.54 Å². The van der Waals surface area contributed by atoms with E-state index >= 15 is 0 Å². The van der Waals surface area contributed by atoms with Gasteiger partial charge in [0.2, 0.25) is 0 Å². The summed E-state index contributed by atoms with van der Waals surface area (Å²) in [4.78, 5) is 27.8. The highest BCUT2D eigenvalue weighted by Crippen LogP contribution is 2.27. The van der Waals surface area contributed by atoms with Gasteiger partial charge in [-0.05, 0) is 43.6 Å². The van der Waals surface area contributed by atoms with Crippen LogP contribution in [0.3, 0.4) is 0 Å². The van der Waals surface area contributed by atoms with Crippen LogP contribution >= 0.6 is 12.2 Å². The van der Waals surface area contributed by atoms with Crippen LogP contribution < -0.4 is 0 Å². The lowest BCUT2D eigenvalue weighted by Gasteiger charge is -2.27. The van der Waals surface area contributed by atoms with Crippen LogP contribution in [0, 0.1) is 0 Å². The molecule has 1 aromatic rings. The van der Waals surface area contributed by atoms with Gasteiger partial charge in [-0.2, -0.15) is 0 Å². The normalized spacial score (nSPS) is 22.6. The number of rotatable bonds is 1. The van der Waals surface area contributed by atoms with E-state index in [0.29, 0.717) is 10.7 Å². The molecule has 0 spiro atoms. The van der Waals surface area contributed by atoms with Crippen LogP contribution in [0.5, 0.6) is 0 Å². The maximum atomic E-state index is 12.4. The zero-order chi connectivity index (χ0) is 13.4. The molecule has 1 unspecified atom stereocenters. The highest BCUT2D eigenvalue weighted by atomic mass is 32.1. The van der Waals surface area contributed by atoms with Crippen molar-refractivity contribution in [2.45, 2.75) is 25.3 Å². The number of hydrogen-bond donors (Lipinski definition) is 0. The van der Waals surface area contributed by atoms with Gasteiger partial charge in [-0.15, -0.1) is 0 Å². The van der Waals surface area contributed by atoms with Gasteiger partial charge in [0.15, 0.2) is 5.11 Å². The topological polar surface area (TPSA) is 40.6 Å². The molecule has 5 heteroatoms. The second kappa shape index (κ2) is 4.74. The number of thiocarbonyl (C=S) groups is 1. The van der Waals surface area contributed by atoms with Gasteiger partial charge in [-0.3, -0.25) is 9.59 Å². The number of piperidine rings is 1. The third kappa shape index (κ3) is 1.94. The van der Waals surface area contributed by atoms with E-state index in [-0.39, 0.29) is 17.9 Å². The van der Waals surface area contributed by atoms with Gasteiger partial charge in [0.05, 0.1) is 0 Å². The summed E-state index contributed by atoms with van der Waals surface area (Å²) in [5.41, 5.74) is 0.498. The summed E-state index contributed by atoms with van der Waals surface area (Å²) in [6.07, 6.45) is 2.83. The van der Waals surface area contributed by atoms with Crippen molar-refractivity contribution in [3.63, 3.8) is 0 Å². The molecule has 2 aliphatic rings. The Morgan fingerprint density at radius 3 is 2.63 bits per heavy atom. The fourth-order valence-corrected chi connectivity index (χ4v) is 3.08. The maximum Gasteiger partial charge on any atom is 0.266 e. The number of imide groups is 1. The Balaban J connectivity index is 1.91. The molecule has 1 atom stereocenters. The lowest BCUT2D eigenvalue weighted by atomic mass is 10.0. The lowest BCUT2D eigenvalue weighted by molar-refractivity contribution is -0.127. The Kier molecular flexibility index (Phi) is 3.06. The Bertz CT molecular complexity index is 520. The predicted octanol–water partition coefficient (Wildman–Crippen LogP) is 1.81. The highest BCUT2D eigenvalue weighted by Gasteiger charge is 2.46. The number of amides is 2. The summed E-state index contributed by atoms with van der Waals surface area (Å²) in [6.45, 7) is 0.772. The third-order valence-electron chi connectivity index (χ3n) is 3.67. The van der Waals surface area contributed by atoms with Gasteiger partial charge in [0, 0.05) is 12.1 Å². The minimum atomic E-state index is -0.315. The number of benzene rings is 1. The van der Waals surface area contributed by atoms with Gasteiger partial charge in [0.25, 0.3) is 11.8 Å². The van der Waals surface area contributed by atoms with Crippen LogP contribution in [0.1, 0.15) is 29.6 Å². The quantitative estimate of drug-likeness (QED) is 0.578. The molecule has 98 valence electrons. The summed E-state index contributed by atoms with van der Waals surface area (Å²) in [5, 5.41) is 0.364. The molecule has 0 N–H and O–H groups in total. The molecule has 2 fully saturated rings. The standard InChI is InChI=1S/C14H14N2O2S/c17-12(10-6-2-1-3-7-10)16-13(18)11-8-4-5-9-15(11)14(16)19/h1-3,6-7,11H,4-5,8-9H2. The average Bonchev–Trinajstić information content (AvgIpc) is 2.72. The van der Waals surface area contributed by atoms with Crippen LogP contribution in [-0.2, 0) is 4.79 Å². The van der Waals surface area contributed by atoms with E-state index in [1.807, 2.05) is 11.0 Å². The van der Waals surface area contributed by atoms with Crippen LogP contribution in [-0.4, -0.2) is 39.3 Å². The van der Waals surface area contributed by atoms with Gasteiger partial charge >= 0.3 is 0 Å². The molecule has 19 heavy (non-hydrogen) atoms. The Hall–Kier alpha value is -1.75. The molecule has 2 saturated heterocycles. The molecular formula is C14H14N2O2S. The van der Waals surface area contributed by atoms with Gasteiger partial charge in [-0.1, -0.05) is 18.2 Å². The Labute approximate surface area is 117 Å². The minimum absolute atomic E-state index is 0.168. The zero-order valence-electron chi connectivity index (χ0n) is 10.4. The monoisotopic (exact) mass is 274 g/mol. The number of nitrogens with zero attached hydrogens (tertiary/aromatic N) is 2. The smallest absolute Gasteiger partial charge is 0.266 e. The minimum Gasteiger partial charge on any atom is -0.336 e. The molecule has 0 bridgehead atoms. The lowest BCUT2D eigenvalue weighted by Crippen LogP contribution is -2.39. The Morgan fingerprint density at radius 2 is 1.95 bits per heavy atom. The number of fused-ring (bicyclic) bond motifs is 1. The fraction of sp³-hybridized carbons (Fsp3) is 0.357. The zero-order valence-corrected chi connectivity index (χ0v) is 11.2. The molecule has 3 rings (SSSR count). The first-order valence-corrected chi connectivity index (χ1v) is 6.85. The second-order valence-corrected chi connectivity index (χ2v) is 5.20. The first-order valence-electron chi connectivity index (χ1n) is 6.44.